The zero-order valence-corrected chi connectivity index (χ0v) is 4.72. The lowest BCUT2D eigenvalue weighted by Crippen LogP contribution is -2.03. The first-order valence-electron chi connectivity index (χ1n) is 2.52. The quantitative estimate of drug-likeness (QED) is 0.455. The number of allylic oxidation sites excluding steroid dienone is 1. The van der Waals surface area contributed by atoms with Crippen LogP contribution in [0.25, 0.3) is 0 Å². The molecule has 0 bridgehead atoms. The van der Waals surface area contributed by atoms with E-state index in [1.807, 2.05) is 6.92 Å². The van der Waals surface area contributed by atoms with Crippen LogP contribution in [-0.4, -0.2) is 11.5 Å². The lowest BCUT2D eigenvalue weighted by molar-refractivity contribution is -0.113. The Kier molecular flexibility index (Phi) is 1.24. The van der Waals surface area contributed by atoms with Gasteiger partial charge in [-0.05, 0) is 13.0 Å². The van der Waals surface area contributed by atoms with Crippen LogP contribution in [0.2, 0.25) is 0 Å². The molecule has 1 aliphatic rings. The molecule has 0 atom stereocenters. The van der Waals surface area contributed by atoms with Gasteiger partial charge in [0.15, 0.2) is 5.78 Å². The molecule has 0 aliphatic carbocycles. The predicted octanol–water partition coefficient (Wildman–Crippen LogP) is 0.934. The highest BCUT2D eigenvalue weighted by Crippen LogP contribution is 1.96. The fourth-order valence-corrected chi connectivity index (χ4v) is 0.604. The standard InChI is InChI=1S/C6H7NO/c1-5-4-6(8)2-3-7-5/h2-3H,4H2,1H3. The van der Waals surface area contributed by atoms with Gasteiger partial charge in [-0.2, -0.15) is 0 Å². The minimum atomic E-state index is 0.150. The number of rotatable bonds is 0. The number of hydrogen-bond donors (Lipinski definition) is 0. The summed E-state index contributed by atoms with van der Waals surface area (Å²) in [4.78, 5) is 14.4. The van der Waals surface area contributed by atoms with Crippen molar-refractivity contribution in [2.24, 2.45) is 4.99 Å². The van der Waals surface area contributed by atoms with Crippen LogP contribution in [0.1, 0.15) is 13.3 Å². The third kappa shape index (κ3) is 1.03. The smallest absolute Gasteiger partial charge is 0.162 e. The van der Waals surface area contributed by atoms with E-state index in [4.69, 9.17) is 0 Å². The summed E-state index contributed by atoms with van der Waals surface area (Å²) in [7, 11) is 0. The van der Waals surface area contributed by atoms with Crippen molar-refractivity contribution in [2.45, 2.75) is 13.3 Å². The molecule has 0 radical (unpaired) electrons. The molecule has 1 aliphatic heterocycles. The number of hydrogen-bond acceptors (Lipinski definition) is 2. The fourth-order valence-electron chi connectivity index (χ4n) is 0.604. The summed E-state index contributed by atoms with van der Waals surface area (Å²) < 4.78 is 0. The normalized spacial score (nSPS) is 18.6. The van der Waals surface area contributed by atoms with Crippen LogP contribution in [0.15, 0.2) is 17.3 Å². The van der Waals surface area contributed by atoms with Crippen LogP contribution in [-0.2, 0) is 4.79 Å². The van der Waals surface area contributed by atoms with Crippen LogP contribution in [0.3, 0.4) is 0 Å². The van der Waals surface area contributed by atoms with E-state index in [2.05, 4.69) is 4.99 Å². The van der Waals surface area contributed by atoms with Gasteiger partial charge in [-0.1, -0.05) is 0 Å². The summed E-state index contributed by atoms with van der Waals surface area (Å²) in [5.74, 6) is 0.150. The number of aliphatic imine (C=N–C) groups is 1. The Labute approximate surface area is 47.9 Å². The van der Waals surface area contributed by atoms with Crippen molar-refractivity contribution >= 4 is 11.5 Å². The summed E-state index contributed by atoms with van der Waals surface area (Å²) in [5.41, 5.74) is 0.900. The number of carbonyl (C=O) groups excluding carboxylic acids is 1. The van der Waals surface area contributed by atoms with Crippen LogP contribution in [0.4, 0.5) is 0 Å². The van der Waals surface area contributed by atoms with Gasteiger partial charge in [-0.25, -0.2) is 0 Å². The summed E-state index contributed by atoms with van der Waals surface area (Å²) in [6.07, 6.45) is 3.53. The molecule has 0 N–H and O–H groups in total. The van der Waals surface area contributed by atoms with E-state index in [1.54, 1.807) is 6.20 Å². The van der Waals surface area contributed by atoms with Gasteiger partial charge in [0.05, 0.1) is 0 Å². The fraction of sp³-hybridized carbons (Fsp3) is 0.333. The summed E-state index contributed by atoms with van der Waals surface area (Å²) >= 11 is 0. The Morgan fingerprint density at radius 1 is 1.75 bits per heavy atom. The highest BCUT2D eigenvalue weighted by atomic mass is 16.1. The lowest BCUT2D eigenvalue weighted by atomic mass is 10.2. The van der Waals surface area contributed by atoms with Crippen LogP contribution in [0.5, 0.6) is 0 Å². The van der Waals surface area contributed by atoms with E-state index in [0.29, 0.717) is 6.42 Å². The summed E-state index contributed by atoms with van der Waals surface area (Å²) in [5, 5.41) is 0. The molecule has 0 aromatic heterocycles. The molecule has 0 unspecified atom stereocenters. The Balaban J connectivity index is 2.73. The number of carbonyl (C=O) groups is 1. The minimum Gasteiger partial charge on any atom is -0.294 e. The van der Waals surface area contributed by atoms with E-state index in [-0.39, 0.29) is 5.78 Å². The SMILES string of the molecule is CC1=NC=CC(=O)C1. The molecule has 1 rings (SSSR count). The molecule has 2 heteroatoms. The number of ketones is 1. The van der Waals surface area contributed by atoms with E-state index >= 15 is 0 Å². The van der Waals surface area contributed by atoms with E-state index < -0.39 is 0 Å². The van der Waals surface area contributed by atoms with Crippen molar-refractivity contribution in [1.29, 1.82) is 0 Å². The molecule has 0 spiro atoms. The molecule has 2 nitrogen and oxygen atoms in total. The first-order chi connectivity index (χ1) is 3.79. The highest BCUT2D eigenvalue weighted by Gasteiger charge is 2.01. The third-order valence-electron chi connectivity index (χ3n) is 0.985. The van der Waals surface area contributed by atoms with Crippen LogP contribution < -0.4 is 0 Å². The second kappa shape index (κ2) is 1.90. The van der Waals surface area contributed by atoms with Gasteiger partial charge in [0, 0.05) is 18.3 Å². The van der Waals surface area contributed by atoms with Gasteiger partial charge in [-0.15, -0.1) is 0 Å². The van der Waals surface area contributed by atoms with E-state index in [9.17, 15) is 4.79 Å². The van der Waals surface area contributed by atoms with Crippen molar-refractivity contribution in [3.63, 3.8) is 0 Å². The van der Waals surface area contributed by atoms with Crippen molar-refractivity contribution < 1.29 is 4.79 Å². The maximum Gasteiger partial charge on any atom is 0.162 e. The largest absolute Gasteiger partial charge is 0.294 e. The maximum absolute atomic E-state index is 10.5. The van der Waals surface area contributed by atoms with Gasteiger partial charge >= 0.3 is 0 Å². The Morgan fingerprint density at radius 2 is 2.50 bits per heavy atom. The number of nitrogens with zero attached hydrogens (tertiary/aromatic N) is 1. The molecule has 1 heterocycles. The van der Waals surface area contributed by atoms with Crippen LogP contribution >= 0.6 is 0 Å². The second-order valence-corrected chi connectivity index (χ2v) is 1.82. The molecule has 0 amide bonds. The molecule has 0 aromatic rings. The minimum absolute atomic E-state index is 0.150. The average Bonchev–Trinajstić information content (AvgIpc) is 1.64. The van der Waals surface area contributed by atoms with E-state index in [1.165, 1.54) is 6.08 Å². The van der Waals surface area contributed by atoms with Gasteiger partial charge in [0.25, 0.3) is 0 Å². The lowest BCUT2D eigenvalue weighted by Gasteiger charge is -1.97. The van der Waals surface area contributed by atoms with Crippen molar-refractivity contribution in [3.05, 3.63) is 12.3 Å². The zero-order chi connectivity index (χ0) is 5.98. The zero-order valence-electron chi connectivity index (χ0n) is 4.72. The molecule has 42 valence electrons. The predicted molar refractivity (Wildman–Crippen MR) is 31.9 cm³/mol. The topological polar surface area (TPSA) is 29.4 Å². The summed E-state index contributed by atoms with van der Waals surface area (Å²) in [6, 6.07) is 0. The maximum atomic E-state index is 10.5. The first-order valence-corrected chi connectivity index (χ1v) is 2.52. The molecule has 0 saturated heterocycles. The van der Waals surface area contributed by atoms with Gasteiger partial charge in [-0.3, -0.25) is 9.79 Å². The molecular formula is C6H7NO. The third-order valence-corrected chi connectivity index (χ3v) is 0.985. The van der Waals surface area contributed by atoms with Crippen molar-refractivity contribution in [2.75, 3.05) is 0 Å². The Morgan fingerprint density at radius 3 is 2.88 bits per heavy atom. The Bertz CT molecular complexity index is 167. The van der Waals surface area contributed by atoms with E-state index in [0.717, 1.165) is 5.71 Å². The summed E-state index contributed by atoms with van der Waals surface area (Å²) in [6.45, 7) is 1.85. The second-order valence-electron chi connectivity index (χ2n) is 1.82. The molecule has 0 saturated carbocycles. The van der Waals surface area contributed by atoms with Gasteiger partial charge < -0.3 is 0 Å². The highest BCUT2D eigenvalue weighted by molar-refractivity contribution is 6.07. The molecule has 0 aromatic carbocycles. The molecular weight excluding hydrogens is 102 g/mol. The first kappa shape index (κ1) is 5.22. The monoisotopic (exact) mass is 109 g/mol. The van der Waals surface area contributed by atoms with Crippen molar-refractivity contribution in [1.82, 2.24) is 0 Å². The van der Waals surface area contributed by atoms with Crippen molar-refractivity contribution in [3.8, 4) is 0 Å². The Hall–Kier alpha value is -0.920. The van der Waals surface area contributed by atoms with Gasteiger partial charge in [0.2, 0.25) is 0 Å². The molecule has 0 fully saturated rings. The van der Waals surface area contributed by atoms with Crippen LogP contribution in [0, 0.1) is 0 Å². The molecule has 8 heavy (non-hydrogen) atoms. The van der Waals surface area contributed by atoms with Gasteiger partial charge in [0.1, 0.15) is 0 Å². The average molecular weight is 109 g/mol.